The maximum absolute atomic E-state index is 15.3. The first-order valence-electron chi connectivity index (χ1n) is 13.6. The molecule has 40 heavy (non-hydrogen) atoms. The third-order valence-corrected chi connectivity index (χ3v) is 7.01. The Hall–Kier alpha value is -3.48. The highest BCUT2D eigenvalue weighted by molar-refractivity contribution is 5.84. The van der Waals surface area contributed by atoms with E-state index in [9.17, 15) is 22.0 Å². The molecule has 0 saturated carbocycles. The molecule has 1 nitrogen and oxygen atoms in total. The lowest BCUT2D eigenvalue weighted by atomic mass is 9.97. The van der Waals surface area contributed by atoms with Crippen LogP contribution in [0.25, 0.3) is 10.8 Å². The summed E-state index contributed by atoms with van der Waals surface area (Å²) in [6.07, 6.45) is 2.03. The number of alkyl halides is 3. The average Bonchev–Trinajstić information content (AvgIpc) is 2.91. The lowest BCUT2D eigenvalue weighted by molar-refractivity contribution is -0.154. The van der Waals surface area contributed by atoms with Crippen molar-refractivity contribution in [3.05, 3.63) is 112 Å². The molecule has 212 valence electrons. The van der Waals surface area contributed by atoms with Gasteiger partial charge in [0.1, 0.15) is 5.82 Å². The molecule has 4 rings (SSSR count). The number of halogens is 6. The summed E-state index contributed by atoms with van der Waals surface area (Å²) in [5.41, 5.74) is 4.30. The minimum Gasteiger partial charge on any atom is -0.478 e. The molecule has 4 aromatic carbocycles. The summed E-state index contributed by atoms with van der Waals surface area (Å²) in [5, 5.41) is 1.24. The first kappa shape index (κ1) is 29.5. The highest BCUT2D eigenvalue weighted by Crippen LogP contribution is 2.28. The van der Waals surface area contributed by atoms with Crippen LogP contribution in [0.2, 0.25) is 0 Å². The molecule has 0 radical (unpaired) electrons. The van der Waals surface area contributed by atoms with Crippen molar-refractivity contribution >= 4 is 10.8 Å². The van der Waals surface area contributed by atoms with E-state index in [2.05, 4.69) is 35.9 Å². The summed E-state index contributed by atoms with van der Waals surface area (Å²) in [7, 11) is 0. The van der Waals surface area contributed by atoms with E-state index in [0.29, 0.717) is 10.9 Å². The molecule has 0 aromatic heterocycles. The normalized spacial score (nSPS) is 11.8. The van der Waals surface area contributed by atoms with Gasteiger partial charge < -0.3 is 4.74 Å². The van der Waals surface area contributed by atoms with Crippen LogP contribution in [-0.2, 0) is 32.1 Å². The number of fused-ring (bicyclic) bond motifs is 1. The topological polar surface area (TPSA) is 9.23 Å². The van der Waals surface area contributed by atoms with Crippen LogP contribution in [0.1, 0.15) is 54.0 Å². The standard InChI is InChI=1S/C33H32F6O/c1-2-3-4-5-22-6-8-23(9-7-22)10-11-24-13-17-28-27(18-24)16-15-26(31(28)36)14-12-25-19-29(34)32(30(35)20-25)40-21-33(37,38)39/h6-9,13,15-20H,2-5,10-12,14,21H2,1H3. The van der Waals surface area contributed by atoms with E-state index in [0.717, 1.165) is 42.3 Å². The van der Waals surface area contributed by atoms with E-state index in [4.69, 9.17) is 0 Å². The van der Waals surface area contributed by atoms with Gasteiger partial charge in [0.15, 0.2) is 24.0 Å². The fraction of sp³-hybridized carbons (Fsp3) is 0.333. The zero-order chi connectivity index (χ0) is 28.7. The van der Waals surface area contributed by atoms with Gasteiger partial charge in [0.2, 0.25) is 0 Å². The summed E-state index contributed by atoms with van der Waals surface area (Å²) in [6.45, 7) is 0.404. The van der Waals surface area contributed by atoms with Crippen LogP contribution in [0.4, 0.5) is 26.3 Å². The Kier molecular flexibility index (Phi) is 9.77. The van der Waals surface area contributed by atoms with Gasteiger partial charge in [-0.15, -0.1) is 0 Å². The lowest BCUT2D eigenvalue weighted by Crippen LogP contribution is -2.20. The second-order valence-electron chi connectivity index (χ2n) is 10.2. The molecule has 0 unspecified atom stereocenters. The van der Waals surface area contributed by atoms with Gasteiger partial charge >= 0.3 is 6.18 Å². The minimum atomic E-state index is -4.72. The monoisotopic (exact) mass is 558 g/mol. The molecular weight excluding hydrogens is 526 g/mol. The average molecular weight is 559 g/mol. The summed E-state index contributed by atoms with van der Waals surface area (Å²) in [6, 6.07) is 19.7. The van der Waals surface area contributed by atoms with Crippen molar-refractivity contribution in [3.8, 4) is 5.75 Å². The van der Waals surface area contributed by atoms with E-state index < -0.39 is 36.0 Å². The molecular formula is C33H32F6O. The molecule has 0 aliphatic carbocycles. The summed E-state index contributed by atoms with van der Waals surface area (Å²) in [5.74, 6) is -3.93. The van der Waals surface area contributed by atoms with Crippen LogP contribution in [0.5, 0.6) is 5.75 Å². The molecule has 0 atom stereocenters. The van der Waals surface area contributed by atoms with Crippen LogP contribution < -0.4 is 4.74 Å². The van der Waals surface area contributed by atoms with Crippen molar-refractivity contribution in [2.75, 3.05) is 6.61 Å². The summed E-state index contributed by atoms with van der Waals surface area (Å²) < 4.78 is 84.8. The molecule has 0 saturated heterocycles. The molecule has 0 spiro atoms. The van der Waals surface area contributed by atoms with Crippen molar-refractivity contribution < 1.29 is 31.1 Å². The number of hydrogen-bond acceptors (Lipinski definition) is 1. The van der Waals surface area contributed by atoms with Crippen molar-refractivity contribution in [2.45, 2.75) is 64.5 Å². The van der Waals surface area contributed by atoms with Crippen molar-refractivity contribution in [3.63, 3.8) is 0 Å². The Bertz CT molecular complexity index is 1400. The van der Waals surface area contributed by atoms with E-state index in [-0.39, 0.29) is 18.4 Å². The van der Waals surface area contributed by atoms with Crippen LogP contribution in [0, 0.1) is 17.5 Å². The summed E-state index contributed by atoms with van der Waals surface area (Å²) >= 11 is 0. The van der Waals surface area contributed by atoms with E-state index in [1.165, 1.54) is 30.4 Å². The highest BCUT2D eigenvalue weighted by atomic mass is 19.4. The van der Waals surface area contributed by atoms with Gasteiger partial charge in [-0.05, 0) is 83.9 Å². The Morgan fingerprint density at radius 3 is 1.88 bits per heavy atom. The predicted molar refractivity (Wildman–Crippen MR) is 146 cm³/mol. The van der Waals surface area contributed by atoms with Gasteiger partial charge in [-0.3, -0.25) is 0 Å². The van der Waals surface area contributed by atoms with Crippen LogP contribution in [0.3, 0.4) is 0 Å². The molecule has 0 aliphatic rings. The predicted octanol–water partition coefficient (Wildman–Crippen LogP) is 9.50. The molecule has 0 amide bonds. The molecule has 7 heteroatoms. The molecule has 0 aliphatic heterocycles. The van der Waals surface area contributed by atoms with Crippen molar-refractivity contribution in [1.29, 1.82) is 0 Å². The quantitative estimate of drug-likeness (QED) is 0.124. The number of aryl methyl sites for hydroxylation is 5. The third kappa shape index (κ3) is 8.03. The van der Waals surface area contributed by atoms with Gasteiger partial charge in [-0.2, -0.15) is 13.2 Å². The van der Waals surface area contributed by atoms with E-state index in [1.807, 2.05) is 18.2 Å². The van der Waals surface area contributed by atoms with Crippen LogP contribution in [-0.4, -0.2) is 12.8 Å². The fourth-order valence-electron chi connectivity index (χ4n) is 4.80. The maximum Gasteiger partial charge on any atom is 0.422 e. The summed E-state index contributed by atoms with van der Waals surface area (Å²) in [4.78, 5) is 0. The SMILES string of the molecule is CCCCCc1ccc(CCc2ccc3c(F)c(CCc4cc(F)c(OCC(F)(F)F)c(F)c4)ccc3c2)cc1. The van der Waals surface area contributed by atoms with E-state index in [1.54, 1.807) is 12.1 Å². The highest BCUT2D eigenvalue weighted by Gasteiger charge is 2.30. The zero-order valence-electron chi connectivity index (χ0n) is 22.4. The Balaban J connectivity index is 1.37. The van der Waals surface area contributed by atoms with Gasteiger partial charge in [-0.25, -0.2) is 13.2 Å². The Morgan fingerprint density at radius 1 is 0.625 bits per heavy atom. The van der Waals surface area contributed by atoms with Crippen LogP contribution >= 0.6 is 0 Å². The smallest absolute Gasteiger partial charge is 0.422 e. The Labute approximate surface area is 230 Å². The van der Waals surface area contributed by atoms with Crippen LogP contribution in [0.15, 0.2) is 66.7 Å². The van der Waals surface area contributed by atoms with Crippen molar-refractivity contribution in [1.82, 2.24) is 0 Å². The molecule has 4 aromatic rings. The minimum absolute atomic E-state index is 0.102. The van der Waals surface area contributed by atoms with Gasteiger partial charge in [0, 0.05) is 5.39 Å². The van der Waals surface area contributed by atoms with Gasteiger partial charge in [0.05, 0.1) is 0 Å². The van der Waals surface area contributed by atoms with Gasteiger partial charge in [0.25, 0.3) is 0 Å². The number of unbranched alkanes of at least 4 members (excludes halogenated alkanes) is 2. The van der Waals surface area contributed by atoms with Crippen molar-refractivity contribution in [2.24, 2.45) is 0 Å². The largest absolute Gasteiger partial charge is 0.478 e. The number of hydrogen-bond donors (Lipinski definition) is 0. The molecule has 0 heterocycles. The van der Waals surface area contributed by atoms with Gasteiger partial charge in [-0.1, -0.05) is 74.4 Å². The zero-order valence-corrected chi connectivity index (χ0v) is 22.4. The first-order valence-corrected chi connectivity index (χ1v) is 13.6. The first-order chi connectivity index (χ1) is 19.1. The maximum atomic E-state index is 15.3. The number of rotatable bonds is 12. The molecule has 0 bridgehead atoms. The second-order valence-corrected chi connectivity index (χ2v) is 10.2. The number of benzene rings is 4. The fourth-order valence-corrected chi connectivity index (χ4v) is 4.80. The molecule has 0 fully saturated rings. The third-order valence-electron chi connectivity index (χ3n) is 7.01. The number of ether oxygens (including phenoxy) is 1. The van der Waals surface area contributed by atoms with E-state index >= 15 is 4.39 Å². The molecule has 0 N–H and O–H groups in total. The lowest BCUT2D eigenvalue weighted by Gasteiger charge is -2.12. The second kappa shape index (κ2) is 13.2. The Morgan fingerprint density at radius 2 is 1.23 bits per heavy atom.